The number of hydrogen-bond acceptors (Lipinski definition) is 4. The molecule has 0 aromatic heterocycles. The monoisotopic (exact) mass is 416 g/mol. The zero-order valence-corrected chi connectivity index (χ0v) is 17.0. The molecule has 0 bridgehead atoms. The van der Waals surface area contributed by atoms with E-state index in [0.29, 0.717) is 23.6 Å². The fraction of sp³-hybridized carbons (Fsp3) is 0.120. The zero-order valence-electron chi connectivity index (χ0n) is 17.0. The molecule has 1 N–H and O–H groups in total. The van der Waals surface area contributed by atoms with Gasteiger partial charge in [-0.05, 0) is 42.8 Å². The largest absolute Gasteiger partial charge is 0.494 e. The van der Waals surface area contributed by atoms with Crippen molar-refractivity contribution in [2.24, 2.45) is 0 Å². The highest BCUT2D eigenvalue weighted by Gasteiger charge is 2.39. The van der Waals surface area contributed by atoms with E-state index >= 15 is 0 Å². The van der Waals surface area contributed by atoms with Gasteiger partial charge in [0.15, 0.2) is 0 Å². The average Bonchev–Trinajstić information content (AvgIpc) is 3.01. The summed E-state index contributed by atoms with van der Waals surface area (Å²) in [6.07, 6.45) is 0. The highest BCUT2D eigenvalue weighted by Crippen LogP contribution is 2.32. The van der Waals surface area contributed by atoms with Crippen molar-refractivity contribution in [2.45, 2.75) is 13.5 Å². The molecule has 0 saturated heterocycles. The van der Waals surface area contributed by atoms with Crippen LogP contribution >= 0.6 is 0 Å². The zero-order chi connectivity index (χ0) is 21.8. The smallest absolute Gasteiger partial charge is 0.278 e. The van der Waals surface area contributed by atoms with Crippen molar-refractivity contribution in [3.05, 3.63) is 102 Å². The molecule has 156 valence electrons. The molecule has 1 heterocycles. The SMILES string of the molecule is CCOc1ccc(NC2=C(c3ccccc3)C(=O)N(Cc3ccccc3F)C2=O)cc1. The Labute approximate surface area is 179 Å². The van der Waals surface area contributed by atoms with Crippen molar-refractivity contribution in [2.75, 3.05) is 11.9 Å². The summed E-state index contributed by atoms with van der Waals surface area (Å²) in [5.74, 6) is -0.716. The van der Waals surface area contributed by atoms with Crippen molar-refractivity contribution in [1.29, 1.82) is 0 Å². The Bertz CT molecular complexity index is 1140. The minimum Gasteiger partial charge on any atom is -0.494 e. The summed E-state index contributed by atoms with van der Waals surface area (Å²) in [4.78, 5) is 27.5. The average molecular weight is 416 g/mol. The van der Waals surface area contributed by atoms with Crippen molar-refractivity contribution in [1.82, 2.24) is 4.90 Å². The van der Waals surface area contributed by atoms with Crippen LogP contribution in [0.2, 0.25) is 0 Å². The summed E-state index contributed by atoms with van der Waals surface area (Å²) in [7, 11) is 0. The molecule has 0 fully saturated rings. The van der Waals surface area contributed by atoms with Crippen LogP contribution in [0.5, 0.6) is 5.75 Å². The second-order valence-corrected chi connectivity index (χ2v) is 6.99. The highest BCUT2D eigenvalue weighted by atomic mass is 19.1. The van der Waals surface area contributed by atoms with Gasteiger partial charge in [-0.1, -0.05) is 48.5 Å². The topological polar surface area (TPSA) is 58.6 Å². The van der Waals surface area contributed by atoms with Gasteiger partial charge in [0.05, 0.1) is 18.7 Å². The minimum absolute atomic E-state index is 0.144. The van der Waals surface area contributed by atoms with Crippen LogP contribution in [-0.2, 0) is 16.1 Å². The fourth-order valence-electron chi connectivity index (χ4n) is 3.45. The maximum absolute atomic E-state index is 14.2. The number of nitrogens with zero attached hydrogens (tertiary/aromatic N) is 1. The molecule has 0 saturated carbocycles. The van der Waals surface area contributed by atoms with E-state index in [9.17, 15) is 14.0 Å². The van der Waals surface area contributed by atoms with E-state index in [1.54, 1.807) is 66.7 Å². The van der Waals surface area contributed by atoms with E-state index in [0.717, 1.165) is 4.90 Å². The molecule has 2 amide bonds. The molecule has 0 atom stereocenters. The lowest BCUT2D eigenvalue weighted by Gasteiger charge is -2.16. The van der Waals surface area contributed by atoms with Gasteiger partial charge in [0, 0.05) is 11.3 Å². The summed E-state index contributed by atoms with van der Waals surface area (Å²) in [5, 5.41) is 3.09. The van der Waals surface area contributed by atoms with Crippen LogP contribution in [0.1, 0.15) is 18.1 Å². The summed E-state index contributed by atoms with van der Waals surface area (Å²) >= 11 is 0. The number of imide groups is 1. The molecule has 4 rings (SSSR count). The molecular formula is C25H21FN2O3. The Morgan fingerprint density at radius 1 is 0.871 bits per heavy atom. The van der Waals surface area contributed by atoms with E-state index < -0.39 is 17.6 Å². The van der Waals surface area contributed by atoms with Crippen LogP contribution in [0.15, 0.2) is 84.6 Å². The van der Waals surface area contributed by atoms with Gasteiger partial charge in [0.25, 0.3) is 11.8 Å². The van der Waals surface area contributed by atoms with Crippen molar-refractivity contribution in [3.63, 3.8) is 0 Å². The number of halogens is 1. The first-order valence-electron chi connectivity index (χ1n) is 9.97. The van der Waals surface area contributed by atoms with Crippen molar-refractivity contribution in [3.8, 4) is 5.75 Å². The molecule has 3 aromatic carbocycles. The molecule has 6 heteroatoms. The third-order valence-corrected chi connectivity index (χ3v) is 4.95. The summed E-state index contributed by atoms with van der Waals surface area (Å²) in [6, 6.07) is 22.2. The number of nitrogens with one attached hydrogen (secondary N) is 1. The minimum atomic E-state index is -0.499. The number of rotatable bonds is 7. The van der Waals surface area contributed by atoms with Crippen LogP contribution in [0, 0.1) is 5.82 Å². The highest BCUT2D eigenvalue weighted by molar-refractivity contribution is 6.36. The first-order chi connectivity index (χ1) is 15.1. The predicted molar refractivity (Wildman–Crippen MR) is 117 cm³/mol. The van der Waals surface area contributed by atoms with Gasteiger partial charge in [-0.25, -0.2) is 4.39 Å². The third-order valence-electron chi connectivity index (χ3n) is 4.95. The Morgan fingerprint density at radius 2 is 1.55 bits per heavy atom. The van der Waals surface area contributed by atoms with E-state index in [-0.39, 0.29) is 23.4 Å². The third kappa shape index (κ3) is 4.19. The Balaban J connectivity index is 1.69. The molecule has 0 unspecified atom stereocenters. The standard InChI is InChI=1S/C25H21FN2O3/c1-2-31-20-14-12-19(13-15-20)27-23-22(17-8-4-3-5-9-17)24(29)28(25(23)30)16-18-10-6-7-11-21(18)26/h3-15,27H,2,16H2,1H3. The van der Waals surface area contributed by atoms with Gasteiger partial charge >= 0.3 is 0 Å². The van der Waals surface area contributed by atoms with Crippen molar-refractivity contribution >= 4 is 23.1 Å². The molecular weight excluding hydrogens is 395 g/mol. The first-order valence-corrected chi connectivity index (χ1v) is 9.97. The number of amides is 2. The number of benzene rings is 3. The maximum Gasteiger partial charge on any atom is 0.278 e. The molecule has 5 nitrogen and oxygen atoms in total. The second kappa shape index (κ2) is 8.83. The summed E-state index contributed by atoms with van der Waals surface area (Å²) < 4.78 is 19.6. The molecule has 3 aromatic rings. The number of carbonyl (C=O) groups excluding carboxylic acids is 2. The van der Waals surface area contributed by atoms with E-state index in [2.05, 4.69) is 5.32 Å². The van der Waals surface area contributed by atoms with E-state index in [1.807, 2.05) is 13.0 Å². The predicted octanol–water partition coefficient (Wildman–Crippen LogP) is 4.62. The summed E-state index contributed by atoms with van der Waals surface area (Å²) in [6.45, 7) is 2.30. The van der Waals surface area contributed by atoms with Crippen LogP contribution in [0.25, 0.3) is 5.57 Å². The van der Waals surface area contributed by atoms with Gasteiger partial charge in [0.2, 0.25) is 0 Å². The van der Waals surface area contributed by atoms with Gasteiger partial charge in [-0.2, -0.15) is 0 Å². The Morgan fingerprint density at radius 3 is 2.23 bits per heavy atom. The molecule has 1 aliphatic rings. The van der Waals surface area contributed by atoms with E-state index in [1.165, 1.54) is 6.07 Å². The number of carbonyl (C=O) groups is 2. The molecule has 31 heavy (non-hydrogen) atoms. The van der Waals surface area contributed by atoms with Gasteiger partial charge in [-0.15, -0.1) is 0 Å². The molecule has 1 aliphatic heterocycles. The maximum atomic E-state index is 14.2. The number of hydrogen-bond donors (Lipinski definition) is 1. The van der Waals surface area contributed by atoms with Gasteiger partial charge in [-0.3, -0.25) is 14.5 Å². The molecule has 0 spiro atoms. The molecule has 0 radical (unpaired) electrons. The lowest BCUT2D eigenvalue weighted by molar-refractivity contribution is -0.137. The number of ether oxygens (including phenoxy) is 1. The fourth-order valence-corrected chi connectivity index (χ4v) is 3.45. The Hall–Kier alpha value is -3.93. The first kappa shape index (κ1) is 20.3. The van der Waals surface area contributed by atoms with Crippen molar-refractivity contribution < 1.29 is 18.7 Å². The van der Waals surface area contributed by atoms with Crippen LogP contribution in [0.3, 0.4) is 0 Å². The lowest BCUT2D eigenvalue weighted by atomic mass is 10.0. The quantitative estimate of drug-likeness (QED) is 0.571. The van der Waals surface area contributed by atoms with Crippen LogP contribution in [0.4, 0.5) is 10.1 Å². The van der Waals surface area contributed by atoms with E-state index in [4.69, 9.17) is 4.74 Å². The van der Waals surface area contributed by atoms with Crippen LogP contribution in [-0.4, -0.2) is 23.3 Å². The number of anilines is 1. The molecule has 0 aliphatic carbocycles. The summed E-state index contributed by atoms with van der Waals surface area (Å²) in [5.41, 5.74) is 1.96. The van der Waals surface area contributed by atoms with Gasteiger partial charge < -0.3 is 10.1 Å². The van der Waals surface area contributed by atoms with Crippen LogP contribution < -0.4 is 10.1 Å². The second-order valence-electron chi connectivity index (χ2n) is 6.99. The van der Waals surface area contributed by atoms with Gasteiger partial charge in [0.1, 0.15) is 17.3 Å². The normalized spacial score (nSPS) is 13.7. The lowest BCUT2D eigenvalue weighted by Crippen LogP contribution is -2.32. The Kier molecular flexibility index (Phi) is 5.80.